The minimum Gasteiger partial charge on any atom is -0.369 e. The van der Waals surface area contributed by atoms with Crippen LogP contribution in [0.4, 0.5) is 32.0 Å². The van der Waals surface area contributed by atoms with Gasteiger partial charge in [-0.2, -0.15) is 26.3 Å². The van der Waals surface area contributed by atoms with Gasteiger partial charge in [-0.3, -0.25) is 4.79 Å². The maximum atomic E-state index is 12.7. The van der Waals surface area contributed by atoms with Gasteiger partial charge in [-0.25, -0.2) is 0 Å². The maximum Gasteiger partial charge on any atom is 0.430 e. The molecule has 1 rings (SSSR count). The average Bonchev–Trinajstić information content (AvgIpc) is 2.43. The lowest BCUT2D eigenvalue weighted by molar-refractivity contribution is -0.376. The molecule has 0 heterocycles. The minimum atomic E-state index is -5.93. The molecule has 130 valence electrons. The summed E-state index contributed by atoms with van der Waals surface area (Å²) in [7, 11) is 1.35. The lowest BCUT2D eigenvalue weighted by Gasteiger charge is -2.32. The first-order valence-corrected chi connectivity index (χ1v) is 6.59. The Bertz CT molecular complexity index is 536. The highest BCUT2D eigenvalue weighted by Gasteiger charge is 2.71. The molecule has 0 atom stereocenters. The van der Waals surface area contributed by atoms with Crippen LogP contribution in [0, 0.1) is 0 Å². The molecule has 0 radical (unpaired) electrons. The van der Waals surface area contributed by atoms with Crippen LogP contribution >= 0.6 is 0 Å². The van der Waals surface area contributed by atoms with Gasteiger partial charge in [-0.05, 0) is 18.6 Å². The van der Waals surface area contributed by atoms with Crippen molar-refractivity contribution in [1.29, 1.82) is 0 Å². The van der Waals surface area contributed by atoms with Gasteiger partial charge >= 0.3 is 12.4 Å². The highest BCUT2D eigenvalue weighted by Crippen LogP contribution is 2.50. The van der Waals surface area contributed by atoms with Gasteiger partial charge < -0.3 is 10.0 Å². The van der Waals surface area contributed by atoms with Gasteiger partial charge in [-0.1, -0.05) is 19.1 Å². The number of nitrogens with zero attached hydrogens (tertiary/aromatic N) is 1. The summed E-state index contributed by atoms with van der Waals surface area (Å²) in [6.45, 7) is 1.75. The van der Waals surface area contributed by atoms with E-state index < -0.39 is 23.5 Å². The van der Waals surface area contributed by atoms with Crippen LogP contribution in [0.15, 0.2) is 24.3 Å². The van der Waals surface area contributed by atoms with Crippen LogP contribution in [0.25, 0.3) is 0 Å². The fraction of sp³-hybridized carbons (Fsp3) is 0.500. The van der Waals surface area contributed by atoms with Crippen LogP contribution in [0.5, 0.6) is 0 Å². The van der Waals surface area contributed by atoms with E-state index in [4.69, 9.17) is 0 Å². The molecular formula is C14H15F6NO2. The van der Waals surface area contributed by atoms with E-state index in [2.05, 4.69) is 0 Å². The van der Waals surface area contributed by atoms with E-state index in [-0.39, 0.29) is 18.0 Å². The molecule has 0 fully saturated rings. The lowest BCUT2D eigenvalue weighted by atomic mass is 9.92. The van der Waals surface area contributed by atoms with Crippen molar-refractivity contribution in [2.75, 3.05) is 11.9 Å². The Hall–Kier alpha value is -1.77. The van der Waals surface area contributed by atoms with Crippen LogP contribution in [-0.2, 0) is 10.4 Å². The summed E-state index contributed by atoms with van der Waals surface area (Å²) >= 11 is 0. The van der Waals surface area contributed by atoms with Gasteiger partial charge in [-0.15, -0.1) is 0 Å². The number of hydrogen-bond acceptors (Lipinski definition) is 2. The number of halogens is 6. The summed E-state index contributed by atoms with van der Waals surface area (Å²) in [4.78, 5) is 12.8. The summed E-state index contributed by atoms with van der Waals surface area (Å²) in [6, 6.07) is 2.86. The lowest BCUT2D eigenvalue weighted by Crippen LogP contribution is -2.53. The first-order chi connectivity index (χ1) is 10.4. The predicted molar refractivity (Wildman–Crippen MR) is 70.8 cm³/mol. The molecule has 3 nitrogen and oxygen atoms in total. The van der Waals surface area contributed by atoms with Crippen molar-refractivity contribution < 1.29 is 36.2 Å². The van der Waals surface area contributed by atoms with Gasteiger partial charge in [0.25, 0.3) is 5.60 Å². The Kier molecular flexibility index (Phi) is 5.35. The van der Waals surface area contributed by atoms with Crippen LogP contribution in [0.1, 0.15) is 25.3 Å². The monoisotopic (exact) mass is 343 g/mol. The third-order valence-electron chi connectivity index (χ3n) is 3.33. The molecule has 0 aliphatic rings. The van der Waals surface area contributed by atoms with Crippen molar-refractivity contribution in [1.82, 2.24) is 0 Å². The predicted octanol–water partition coefficient (Wildman–Crippen LogP) is 3.76. The summed E-state index contributed by atoms with van der Waals surface area (Å²) in [5.74, 6) is -0.331. The minimum absolute atomic E-state index is 0.124. The van der Waals surface area contributed by atoms with E-state index in [1.807, 2.05) is 0 Å². The summed E-state index contributed by atoms with van der Waals surface area (Å²) in [6.07, 6.45) is -11.1. The molecule has 0 saturated heterocycles. The Morgan fingerprint density at radius 1 is 1.04 bits per heavy atom. The fourth-order valence-corrected chi connectivity index (χ4v) is 1.94. The molecule has 1 N–H and O–H groups in total. The molecule has 0 unspecified atom stereocenters. The second-order valence-electron chi connectivity index (χ2n) is 4.96. The van der Waals surface area contributed by atoms with Crippen LogP contribution in [0.2, 0.25) is 0 Å². The molecule has 0 spiro atoms. The van der Waals surface area contributed by atoms with Crippen LogP contribution in [-0.4, -0.2) is 30.4 Å². The Balaban J connectivity index is 3.23. The fourth-order valence-electron chi connectivity index (χ4n) is 1.94. The van der Waals surface area contributed by atoms with Gasteiger partial charge in [0.1, 0.15) is 0 Å². The maximum absolute atomic E-state index is 12.7. The first kappa shape index (κ1) is 19.3. The standard InChI is InChI=1S/C14H15F6NO2/c1-3-4-11(22)21(2)10-7-5-9(6-8-10)12(23,13(15,16)17)14(18,19)20/h5-8,23H,3-4H2,1-2H3. The molecule has 0 aliphatic carbocycles. The number of aliphatic hydroxyl groups is 1. The number of alkyl halides is 6. The highest BCUT2D eigenvalue weighted by atomic mass is 19.4. The van der Waals surface area contributed by atoms with Crippen molar-refractivity contribution in [2.24, 2.45) is 0 Å². The topological polar surface area (TPSA) is 40.5 Å². The third-order valence-corrected chi connectivity index (χ3v) is 3.33. The Morgan fingerprint density at radius 3 is 1.83 bits per heavy atom. The second-order valence-corrected chi connectivity index (χ2v) is 4.96. The SMILES string of the molecule is CCCC(=O)N(C)c1ccc(C(O)(C(F)(F)F)C(F)(F)F)cc1. The first-order valence-electron chi connectivity index (χ1n) is 6.59. The number of anilines is 1. The Morgan fingerprint density at radius 2 is 1.48 bits per heavy atom. The van der Waals surface area contributed by atoms with E-state index in [1.165, 1.54) is 7.05 Å². The highest BCUT2D eigenvalue weighted by molar-refractivity contribution is 5.92. The number of hydrogen-bond donors (Lipinski definition) is 1. The summed E-state index contributed by atoms with van der Waals surface area (Å²) < 4.78 is 76.4. The van der Waals surface area contributed by atoms with Gasteiger partial charge in [0.05, 0.1) is 0 Å². The molecule has 0 aromatic heterocycles. The van der Waals surface area contributed by atoms with E-state index in [0.29, 0.717) is 18.6 Å². The molecule has 0 saturated carbocycles. The van der Waals surface area contributed by atoms with Crippen molar-refractivity contribution >= 4 is 11.6 Å². The molecule has 1 amide bonds. The number of rotatable bonds is 4. The van der Waals surface area contributed by atoms with Gasteiger partial charge in [0.15, 0.2) is 0 Å². The number of carbonyl (C=O) groups is 1. The second kappa shape index (κ2) is 6.38. The zero-order chi connectivity index (χ0) is 18.1. The molecule has 0 bridgehead atoms. The molecule has 9 heteroatoms. The average molecular weight is 343 g/mol. The van der Waals surface area contributed by atoms with E-state index >= 15 is 0 Å². The normalized spacial score (nSPS) is 13.1. The molecular weight excluding hydrogens is 328 g/mol. The van der Waals surface area contributed by atoms with E-state index in [0.717, 1.165) is 17.0 Å². The molecule has 1 aromatic rings. The quantitative estimate of drug-likeness (QED) is 0.846. The largest absolute Gasteiger partial charge is 0.430 e. The van der Waals surface area contributed by atoms with Gasteiger partial charge in [0.2, 0.25) is 5.91 Å². The van der Waals surface area contributed by atoms with Gasteiger partial charge in [0, 0.05) is 24.7 Å². The zero-order valence-corrected chi connectivity index (χ0v) is 12.3. The van der Waals surface area contributed by atoms with Crippen LogP contribution in [0.3, 0.4) is 0 Å². The summed E-state index contributed by atoms with van der Waals surface area (Å²) in [5.41, 5.74) is -6.21. The smallest absolute Gasteiger partial charge is 0.369 e. The Labute approximate surface area is 128 Å². The molecule has 23 heavy (non-hydrogen) atoms. The van der Waals surface area contributed by atoms with E-state index in [1.54, 1.807) is 6.92 Å². The number of carbonyl (C=O) groups excluding carboxylic acids is 1. The van der Waals surface area contributed by atoms with Crippen LogP contribution < -0.4 is 4.90 Å². The van der Waals surface area contributed by atoms with Crippen molar-refractivity contribution in [3.8, 4) is 0 Å². The number of benzene rings is 1. The van der Waals surface area contributed by atoms with Crippen molar-refractivity contribution in [3.05, 3.63) is 29.8 Å². The third kappa shape index (κ3) is 3.60. The number of amides is 1. The summed E-state index contributed by atoms with van der Waals surface area (Å²) in [5, 5.41) is 9.25. The van der Waals surface area contributed by atoms with Crippen molar-refractivity contribution in [2.45, 2.75) is 37.7 Å². The molecule has 1 aromatic carbocycles. The van der Waals surface area contributed by atoms with Crippen molar-refractivity contribution in [3.63, 3.8) is 0 Å². The zero-order valence-electron chi connectivity index (χ0n) is 12.3. The molecule has 0 aliphatic heterocycles. The van der Waals surface area contributed by atoms with E-state index in [9.17, 15) is 36.2 Å².